The first kappa shape index (κ1) is 18.7. The van der Waals surface area contributed by atoms with Crippen molar-refractivity contribution in [2.45, 2.75) is 32.2 Å². The second kappa shape index (κ2) is 9.03. The summed E-state index contributed by atoms with van der Waals surface area (Å²) in [6.07, 6.45) is 3.14. The molecule has 1 N–H and O–H groups in total. The molecule has 1 aromatic carbocycles. The lowest BCUT2D eigenvalue weighted by molar-refractivity contribution is -0.142. The van der Waals surface area contributed by atoms with Gasteiger partial charge in [-0.2, -0.15) is 0 Å². The fourth-order valence-electron chi connectivity index (χ4n) is 3.82. The van der Waals surface area contributed by atoms with Gasteiger partial charge in [0.2, 0.25) is 11.8 Å². The normalized spacial score (nSPS) is 23.3. The van der Waals surface area contributed by atoms with Crippen LogP contribution in [0, 0.1) is 11.8 Å². The quantitative estimate of drug-likeness (QED) is 0.872. The van der Waals surface area contributed by atoms with Gasteiger partial charge >= 0.3 is 0 Å². The smallest absolute Gasteiger partial charge is 0.225 e. The lowest BCUT2D eigenvalue weighted by Gasteiger charge is -2.33. The summed E-state index contributed by atoms with van der Waals surface area (Å²) in [5.41, 5.74) is 0.972. The number of carbonyl (C=O) groups excluding carboxylic acids is 2. The summed E-state index contributed by atoms with van der Waals surface area (Å²) in [4.78, 5) is 27.0. The van der Waals surface area contributed by atoms with E-state index in [4.69, 9.17) is 9.47 Å². The number of methoxy groups -OCH3 is 1. The van der Waals surface area contributed by atoms with Crippen molar-refractivity contribution in [2.75, 3.05) is 33.4 Å². The van der Waals surface area contributed by atoms with Gasteiger partial charge in [0.05, 0.1) is 20.3 Å². The number of carbonyl (C=O) groups is 2. The number of rotatable bonds is 5. The van der Waals surface area contributed by atoms with Crippen LogP contribution in [0.25, 0.3) is 0 Å². The molecule has 1 aromatic rings. The number of para-hydroxylation sites is 1. The van der Waals surface area contributed by atoms with Crippen LogP contribution in [0.1, 0.15) is 31.2 Å². The van der Waals surface area contributed by atoms with Gasteiger partial charge < -0.3 is 19.7 Å². The summed E-state index contributed by atoms with van der Waals surface area (Å²) in [5.74, 6) is 1.16. The zero-order valence-electron chi connectivity index (χ0n) is 15.4. The summed E-state index contributed by atoms with van der Waals surface area (Å²) in [5, 5.41) is 3.02. The second-order valence-electron chi connectivity index (χ2n) is 7.02. The van der Waals surface area contributed by atoms with Crippen molar-refractivity contribution in [3.8, 4) is 5.75 Å². The van der Waals surface area contributed by atoms with Crippen molar-refractivity contribution in [3.05, 3.63) is 29.8 Å². The van der Waals surface area contributed by atoms with Crippen LogP contribution in [0.2, 0.25) is 0 Å². The molecule has 3 rings (SSSR count). The average molecular weight is 360 g/mol. The Hall–Kier alpha value is -2.08. The Labute approximate surface area is 154 Å². The van der Waals surface area contributed by atoms with Gasteiger partial charge in [0.15, 0.2) is 0 Å². The largest absolute Gasteiger partial charge is 0.496 e. The van der Waals surface area contributed by atoms with Gasteiger partial charge in [0, 0.05) is 37.0 Å². The van der Waals surface area contributed by atoms with Crippen LogP contribution < -0.4 is 10.1 Å². The Balaban J connectivity index is 1.45. The molecule has 1 saturated carbocycles. The van der Waals surface area contributed by atoms with Gasteiger partial charge in [0.25, 0.3) is 0 Å². The molecule has 0 bridgehead atoms. The number of ether oxygens (including phenoxy) is 2. The minimum absolute atomic E-state index is 0.00144. The zero-order valence-corrected chi connectivity index (χ0v) is 15.4. The van der Waals surface area contributed by atoms with Crippen LogP contribution in [0.3, 0.4) is 0 Å². The maximum Gasteiger partial charge on any atom is 0.225 e. The van der Waals surface area contributed by atoms with Gasteiger partial charge in [-0.25, -0.2) is 0 Å². The molecule has 1 aliphatic heterocycles. The molecule has 2 aliphatic rings. The van der Waals surface area contributed by atoms with Gasteiger partial charge in [-0.05, 0) is 31.7 Å². The summed E-state index contributed by atoms with van der Waals surface area (Å²) in [6.45, 7) is 3.12. The third-order valence-electron chi connectivity index (χ3n) is 5.42. The summed E-state index contributed by atoms with van der Waals surface area (Å²) >= 11 is 0. The van der Waals surface area contributed by atoms with Crippen molar-refractivity contribution in [3.63, 3.8) is 0 Å². The molecule has 26 heavy (non-hydrogen) atoms. The highest BCUT2D eigenvalue weighted by Gasteiger charge is 2.32. The molecule has 0 atom stereocenters. The number of hydrogen-bond acceptors (Lipinski definition) is 4. The van der Waals surface area contributed by atoms with E-state index >= 15 is 0 Å². The first-order chi connectivity index (χ1) is 12.7. The molecule has 1 aliphatic carbocycles. The average Bonchev–Trinajstić information content (AvgIpc) is 2.72. The molecule has 0 unspecified atom stereocenters. The molecule has 6 nitrogen and oxygen atoms in total. The van der Waals surface area contributed by atoms with E-state index < -0.39 is 0 Å². The molecule has 2 fully saturated rings. The molecule has 142 valence electrons. The fourth-order valence-corrected chi connectivity index (χ4v) is 3.82. The van der Waals surface area contributed by atoms with Crippen molar-refractivity contribution < 1.29 is 19.1 Å². The highest BCUT2D eigenvalue weighted by Crippen LogP contribution is 2.30. The monoisotopic (exact) mass is 360 g/mol. The van der Waals surface area contributed by atoms with Gasteiger partial charge in [-0.3, -0.25) is 9.59 Å². The summed E-state index contributed by atoms with van der Waals surface area (Å²) in [7, 11) is 1.63. The second-order valence-corrected chi connectivity index (χ2v) is 7.02. The van der Waals surface area contributed by atoms with E-state index in [9.17, 15) is 9.59 Å². The number of morpholine rings is 1. The molecule has 6 heteroatoms. The van der Waals surface area contributed by atoms with E-state index in [2.05, 4.69) is 5.32 Å². The maximum absolute atomic E-state index is 12.6. The number of nitrogens with zero attached hydrogens (tertiary/aromatic N) is 1. The topological polar surface area (TPSA) is 67.9 Å². The van der Waals surface area contributed by atoms with Crippen LogP contribution in [0.4, 0.5) is 0 Å². The van der Waals surface area contributed by atoms with Crippen LogP contribution in [-0.4, -0.2) is 50.1 Å². The van der Waals surface area contributed by atoms with E-state index in [-0.39, 0.29) is 23.7 Å². The van der Waals surface area contributed by atoms with Gasteiger partial charge in [-0.15, -0.1) is 0 Å². The van der Waals surface area contributed by atoms with Crippen molar-refractivity contribution >= 4 is 11.8 Å². The number of benzene rings is 1. The maximum atomic E-state index is 12.6. The van der Waals surface area contributed by atoms with E-state index in [1.54, 1.807) is 7.11 Å². The molecule has 0 aromatic heterocycles. The van der Waals surface area contributed by atoms with Crippen LogP contribution in [-0.2, 0) is 20.9 Å². The molecule has 2 amide bonds. The number of hydrogen-bond donors (Lipinski definition) is 1. The first-order valence-electron chi connectivity index (χ1n) is 9.45. The van der Waals surface area contributed by atoms with Gasteiger partial charge in [-0.1, -0.05) is 18.2 Å². The number of nitrogens with one attached hydrogen (secondary N) is 1. The van der Waals surface area contributed by atoms with E-state index in [0.29, 0.717) is 32.8 Å². The zero-order chi connectivity index (χ0) is 18.4. The van der Waals surface area contributed by atoms with Crippen LogP contribution >= 0.6 is 0 Å². The molecular weight excluding hydrogens is 332 g/mol. The molecule has 0 spiro atoms. The third kappa shape index (κ3) is 4.55. The predicted molar refractivity (Wildman–Crippen MR) is 97.7 cm³/mol. The standard InChI is InChI=1S/C20H28N2O4/c1-25-18-5-3-2-4-17(18)14-21-19(23)15-6-8-16(9-7-15)20(24)22-10-12-26-13-11-22/h2-5,15-16H,6-14H2,1H3,(H,21,23). The van der Waals surface area contributed by atoms with Crippen molar-refractivity contribution in [2.24, 2.45) is 11.8 Å². The van der Waals surface area contributed by atoms with E-state index in [1.165, 1.54) is 0 Å². The SMILES string of the molecule is COc1ccccc1CNC(=O)C1CCC(C(=O)N2CCOCC2)CC1. The minimum Gasteiger partial charge on any atom is -0.496 e. The van der Waals surface area contributed by atoms with Crippen LogP contribution in [0.15, 0.2) is 24.3 Å². The first-order valence-corrected chi connectivity index (χ1v) is 9.45. The molecule has 1 heterocycles. The number of amides is 2. The third-order valence-corrected chi connectivity index (χ3v) is 5.42. The Bertz CT molecular complexity index is 620. The van der Waals surface area contributed by atoms with Crippen LogP contribution in [0.5, 0.6) is 5.75 Å². The van der Waals surface area contributed by atoms with Gasteiger partial charge in [0.1, 0.15) is 5.75 Å². The van der Waals surface area contributed by atoms with Crippen molar-refractivity contribution in [1.29, 1.82) is 0 Å². The highest BCUT2D eigenvalue weighted by atomic mass is 16.5. The lowest BCUT2D eigenvalue weighted by Crippen LogP contribution is -2.45. The highest BCUT2D eigenvalue weighted by molar-refractivity contribution is 5.81. The Morgan fingerprint density at radius 1 is 1.12 bits per heavy atom. The Morgan fingerprint density at radius 2 is 1.77 bits per heavy atom. The van der Waals surface area contributed by atoms with E-state index in [0.717, 1.165) is 37.0 Å². The molecular formula is C20H28N2O4. The fraction of sp³-hybridized carbons (Fsp3) is 0.600. The van der Waals surface area contributed by atoms with Crippen molar-refractivity contribution in [1.82, 2.24) is 10.2 Å². The molecule has 0 radical (unpaired) electrons. The predicted octanol–water partition coefficient (Wildman–Crippen LogP) is 1.98. The lowest BCUT2D eigenvalue weighted by atomic mass is 9.81. The Kier molecular flexibility index (Phi) is 6.50. The van der Waals surface area contributed by atoms with E-state index in [1.807, 2.05) is 29.2 Å². The molecule has 1 saturated heterocycles. The Morgan fingerprint density at radius 3 is 2.46 bits per heavy atom. The minimum atomic E-state index is -0.00144. The summed E-state index contributed by atoms with van der Waals surface area (Å²) in [6, 6.07) is 7.70. The summed E-state index contributed by atoms with van der Waals surface area (Å²) < 4.78 is 10.6.